The van der Waals surface area contributed by atoms with E-state index in [0.717, 1.165) is 16.5 Å². The van der Waals surface area contributed by atoms with Gasteiger partial charge in [0.05, 0.1) is 5.52 Å². The van der Waals surface area contributed by atoms with Gasteiger partial charge in [0.15, 0.2) is 0 Å². The summed E-state index contributed by atoms with van der Waals surface area (Å²) in [5.74, 6) is 0.460. The van der Waals surface area contributed by atoms with E-state index in [2.05, 4.69) is 15.6 Å². The van der Waals surface area contributed by atoms with Crippen LogP contribution in [0.25, 0.3) is 10.9 Å². The molecule has 0 bridgehead atoms. The zero-order chi connectivity index (χ0) is 15.4. The number of aliphatic hydroxyl groups excluding tert-OH is 1. The standard InChI is InChI=1S/C15H18ClN3O2/c1-9-3-5-12(16)11-4-6-13(18-14(9)11)19-15(21)17-10(2)7-8-20/h3-6,10,20H,7-8H2,1-2H3,(H2,17,18,19,21)/t10-/m1/s1. The lowest BCUT2D eigenvalue weighted by molar-refractivity contribution is 0.241. The molecule has 0 aliphatic heterocycles. The summed E-state index contributed by atoms with van der Waals surface area (Å²) in [4.78, 5) is 16.2. The van der Waals surface area contributed by atoms with E-state index in [1.807, 2.05) is 32.0 Å². The number of halogens is 1. The Hall–Kier alpha value is -1.85. The van der Waals surface area contributed by atoms with Gasteiger partial charge in [-0.15, -0.1) is 0 Å². The van der Waals surface area contributed by atoms with Crippen LogP contribution < -0.4 is 10.6 Å². The molecular formula is C15H18ClN3O2. The molecule has 2 amide bonds. The molecule has 3 N–H and O–H groups in total. The summed E-state index contributed by atoms with van der Waals surface area (Å²) in [7, 11) is 0. The fraction of sp³-hybridized carbons (Fsp3) is 0.333. The van der Waals surface area contributed by atoms with Crippen molar-refractivity contribution in [1.82, 2.24) is 10.3 Å². The highest BCUT2D eigenvalue weighted by Gasteiger charge is 2.09. The van der Waals surface area contributed by atoms with Crippen molar-refractivity contribution in [2.24, 2.45) is 0 Å². The lowest BCUT2D eigenvalue weighted by Gasteiger charge is -2.13. The van der Waals surface area contributed by atoms with Crippen LogP contribution in [0.1, 0.15) is 18.9 Å². The van der Waals surface area contributed by atoms with Crippen LogP contribution in [0.3, 0.4) is 0 Å². The number of carbonyl (C=O) groups excluding carboxylic acids is 1. The Morgan fingerprint density at radius 1 is 1.38 bits per heavy atom. The van der Waals surface area contributed by atoms with Crippen molar-refractivity contribution in [2.75, 3.05) is 11.9 Å². The highest BCUT2D eigenvalue weighted by molar-refractivity contribution is 6.35. The Kier molecular flexibility index (Phi) is 4.98. The van der Waals surface area contributed by atoms with Crippen LogP contribution in [0.5, 0.6) is 0 Å². The number of carbonyl (C=O) groups is 1. The maximum Gasteiger partial charge on any atom is 0.320 e. The van der Waals surface area contributed by atoms with Gasteiger partial charge in [0.2, 0.25) is 0 Å². The van der Waals surface area contributed by atoms with Gasteiger partial charge < -0.3 is 10.4 Å². The number of aromatic nitrogens is 1. The molecule has 0 saturated heterocycles. The second-order valence-corrected chi connectivity index (χ2v) is 5.38. The third kappa shape index (κ3) is 3.83. The molecule has 0 fully saturated rings. The number of hydrogen-bond acceptors (Lipinski definition) is 3. The predicted molar refractivity (Wildman–Crippen MR) is 84.8 cm³/mol. The second-order valence-electron chi connectivity index (χ2n) is 4.97. The second kappa shape index (κ2) is 6.74. The SMILES string of the molecule is Cc1ccc(Cl)c2ccc(NC(=O)N[C@H](C)CCO)nc12. The molecule has 0 unspecified atom stereocenters. The first-order valence-corrected chi connectivity index (χ1v) is 7.13. The van der Waals surface area contributed by atoms with Crippen LogP contribution in [0, 0.1) is 6.92 Å². The van der Waals surface area contributed by atoms with Crippen molar-refractivity contribution in [3.05, 3.63) is 34.9 Å². The van der Waals surface area contributed by atoms with E-state index in [-0.39, 0.29) is 18.7 Å². The Balaban J connectivity index is 2.16. The first kappa shape index (κ1) is 15.5. The van der Waals surface area contributed by atoms with Gasteiger partial charge in [-0.1, -0.05) is 17.7 Å². The highest BCUT2D eigenvalue weighted by atomic mass is 35.5. The summed E-state index contributed by atoms with van der Waals surface area (Å²) in [5, 5.41) is 15.7. The minimum absolute atomic E-state index is 0.0351. The van der Waals surface area contributed by atoms with E-state index >= 15 is 0 Å². The largest absolute Gasteiger partial charge is 0.396 e. The Morgan fingerprint density at radius 2 is 2.14 bits per heavy atom. The molecule has 112 valence electrons. The van der Waals surface area contributed by atoms with E-state index in [1.165, 1.54) is 0 Å². The Morgan fingerprint density at radius 3 is 2.86 bits per heavy atom. The van der Waals surface area contributed by atoms with Gasteiger partial charge in [-0.25, -0.2) is 9.78 Å². The molecule has 1 atom stereocenters. The van der Waals surface area contributed by atoms with Crippen molar-refractivity contribution >= 4 is 34.4 Å². The molecule has 2 rings (SSSR count). The van der Waals surface area contributed by atoms with Crippen LogP contribution in [-0.2, 0) is 0 Å². The average Bonchev–Trinajstić information content (AvgIpc) is 2.43. The van der Waals surface area contributed by atoms with Crippen LogP contribution in [0.15, 0.2) is 24.3 Å². The minimum atomic E-state index is -0.345. The topological polar surface area (TPSA) is 74.2 Å². The summed E-state index contributed by atoms with van der Waals surface area (Å²) < 4.78 is 0. The number of nitrogens with one attached hydrogen (secondary N) is 2. The molecule has 0 aliphatic carbocycles. The van der Waals surface area contributed by atoms with Gasteiger partial charge in [-0.05, 0) is 44.0 Å². The molecule has 0 radical (unpaired) electrons. The molecule has 1 heterocycles. The zero-order valence-corrected chi connectivity index (χ0v) is 12.7. The molecular weight excluding hydrogens is 290 g/mol. The van der Waals surface area contributed by atoms with Crippen molar-refractivity contribution in [2.45, 2.75) is 26.3 Å². The molecule has 0 spiro atoms. The van der Waals surface area contributed by atoms with Crippen LogP contribution >= 0.6 is 11.6 Å². The molecule has 0 saturated carbocycles. The molecule has 21 heavy (non-hydrogen) atoms. The maximum atomic E-state index is 11.8. The number of amides is 2. The van der Waals surface area contributed by atoms with E-state index in [1.54, 1.807) is 6.07 Å². The third-order valence-electron chi connectivity index (χ3n) is 3.19. The van der Waals surface area contributed by atoms with Crippen LogP contribution in [0.4, 0.5) is 10.6 Å². The number of aliphatic hydroxyl groups is 1. The number of fused-ring (bicyclic) bond motifs is 1. The average molecular weight is 308 g/mol. The number of hydrogen-bond donors (Lipinski definition) is 3. The number of benzene rings is 1. The van der Waals surface area contributed by atoms with Crippen molar-refractivity contribution in [3.8, 4) is 0 Å². The predicted octanol–water partition coefficient (Wildman–Crippen LogP) is 3.09. The van der Waals surface area contributed by atoms with Gasteiger partial charge in [0.25, 0.3) is 0 Å². The van der Waals surface area contributed by atoms with E-state index in [4.69, 9.17) is 16.7 Å². The number of anilines is 1. The molecule has 5 nitrogen and oxygen atoms in total. The normalized spacial score (nSPS) is 12.2. The van der Waals surface area contributed by atoms with Gasteiger partial charge in [-0.3, -0.25) is 5.32 Å². The molecule has 1 aromatic heterocycles. The van der Waals surface area contributed by atoms with Crippen molar-refractivity contribution < 1.29 is 9.90 Å². The number of urea groups is 1. The number of pyridine rings is 1. The number of nitrogens with zero attached hydrogens (tertiary/aromatic N) is 1. The first-order chi connectivity index (χ1) is 10.0. The van der Waals surface area contributed by atoms with Gasteiger partial charge in [0.1, 0.15) is 5.82 Å². The summed E-state index contributed by atoms with van der Waals surface area (Å²) in [6.45, 7) is 3.81. The summed E-state index contributed by atoms with van der Waals surface area (Å²) in [6, 6.07) is 6.82. The van der Waals surface area contributed by atoms with Gasteiger partial charge >= 0.3 is 6.03 Å². The van der Waals surface area contributed by atoms with E-state index < -0.39 is 0 Å². The Labute approximate surface area is 128 Å². The molecule has 0 aliphatic rings. The maximum absolute atomic E-state index is 11.8. The van der Waals surface area contributed by atoms with Crippen molar-refractivity contribution in [3.63, 3.8) is 0 Å². The van der Waals surface area contributed by atoms with Crippen LogP contribution in [0.2, 0.25) is 5.02 Å². The minimum Gasteiger partial charge on any atom is -0.396 e. The Bertz CT molecular complexity index is 661. The fourth-order valence-electron chi connectivity index (χ4n) is 2.03. The molecule has 6 heteroatoms. The lowest BCUT2D eigenvalue weighted by atomic mass is 10.1. The van der Waals surface area contributed by atoms with Crippen LogP contribution in [-0.4, -0.2) is 28.8 Å². The van der Waals surface area contributed by atoms with E-state index in [0.29, 0.717) is 17.3 Å². The van der Waals surface area contributed by atoms with Crippen molar-refractivity contribution in [1.29, 1.82) is 0 Å². The van der Waals surface area contributed by atoms with Gasteiger partial charge in [0, 0.05) is 23.1 Å². The quantitative estimate of drug-likeness (QED) is 0.812. The monoisotopic (exact) mass is 307 g/mol. The number of aryl methyl sites for hydroxylation is 1. The third-order valence-corrected chi connectivity index (χ3v) is 3.52. The summed E-state index contributed by atoms with van der Waals surface area (Å²) in [6.07, 6.45) is 0.507. The molecule has 1 aromatic carbocycles. The smallest absolute Gasteiger partial charge is 0.320 e. The first-order valence-electron chi connectivity index (χ1n) is 6.75. The highest BCUT2D eigenvalue weighted by Crippen LogP contribution is 2.26. The lowest BCUT2D eigenvalue weighted by Crippen LogP contribution is -2.36. The number of rotatable bonds is 4. The van der Waals surface area contributed by atoms with Gasteiger partial charge in [-0.2, -0.15) is 0 Å². The summed E-state index contributed by atoms with van der Waals surface area (Å²) >= 11 is 6.13. The summed E-state index contributed by atoms with van der Waals surface area (Å²) in [5.41, 5.74) is 1.76. The van der Waals surface area contributed by atoms with E-state index in [9.17, 15) is 4.79 Å². The zero-order valence-electron chi connectivity index (χ0n) is 12.0. The fourth-order valence-corrected chi connectivity index (χ4v) is 2.25. The molecule has 2 aromatic rings.